The number of carbonyl (C=O) groups is 3. The number of hydrogen-bond donors (Lipinski definition) is 3. The van der Waals surface area contributed by atoms with Crippen LogP contribution in [0.25, 0.3) is 17.3 Å². The number of amides is 3. The van der Waals surface area contributed by atoms with Crippen molar-refractivity contribution in [1.82, 2.24) is 10.3 Å². The van der Waals surface area contributed by atoms with Crippen LogP contribution >= 0.6 is 23.1 Å². The summed E-state index contributed by atoms with van der Waals surface area (Å²) in [6.07, 6.45) is 2.16. The van der Waals surface area contributed by atoms with Crippen molar-refractivity contribution in [3.05, 3.63) is 125 Å². The standard InChI is InChI=1S/C37H34N4O5S2/c1-4-33(36(44)41-37-40-31(23-47-37)29-18-8-9-19-32(29)46-3)48-28-17-11-15-26(22-28)38-35(43)30(21-24-12-10-16-27(20-24)45-2)39-34(42)25-13-6-5-7-14-25/h5-23,33H,4H2,1-3H3,(H,38,43)(H,39,42)(H,40,41,44)/b30-21-. The number of hydrogen-bond acceptors (Lipinski definition) is 8. The van der Waals surface area contributed by atoms with E-state index in [0.717, 1.165) is 16.2 Å². The van der Waals surface area contributed by atoms with Gasteiger partial charge in [-0.1, -0.05) is 55.5 Å². The molecule has 0 aliphatic rings. The monoisotopic (exact) mass is 678 g/mol. The van der Waals surface area contributed by atoms with Crippen molar-refractivity contribution >= 4 is 57.7 Å². The molecule has 3 N–H and O–H groups in total. The van der Waals surface area contributed by atoms with Gasteiger partial charge in [0.2, 0.25) is 5.91 Å². The molecule has 1 aromatic heterocycles. The third-order valence-electron chi connectivity index (χ3n) is 7.08. The quantitative estimate of drug-likeness (QED) is 0.0861. The second-order valence-corrected chi connectivity index (χ2v) is 12.5. The lowest BCUT2D eigenvalue weighted by molar-refractivity contribution is -0.116. The number of methoxy groups -OCH3 is 2. The molecule has 5 aromatic rings. The average Bonchev–Trinajstić information content (AvgIpc) is 3.58. The Kier molecular flexibility index (Phi) is 11.6. The number of anilines is 2. The van der Waals surface area contributed by atoms with Gasteiger partial charge in [-0.25, -0.2) is 4.98 Å². The molecule has 11 heteroatoms. The van der Waals surface area contributed by atoms with Crippen molar-refractivity contribution < 1.29 is 23.9 Å². The van der Waals surface area contributed by atoms with Crippen molar-refractivity contribution in [2.24, 2.45) is 0 Å². The normalized spacial score (nSPS) is 11.7. The second-order valence-electron chi connectivity index (χ2n) is 10.4. The van der Waals surface area contributed by atoms with Gasteiger partial charge in [-0.3, -0.25) is 14.4 Å². The summed E-state index contributed by atoms with van der Waals surface area (Å²) in [5, 5.41) is 10.6. The minimum atomic E-state index is -0.511. The summed E-state index contributed by atoms with van der Waals surface area (Å²) < 4.78 is 10.8. The molecular formula is C37H34N4O5S2. The molecule has 244 valence electrons. The van der Waals surface area contributed by atoms with Gasteiger partial charge in [0.25, 0.3) is 11.8 Å². The Morgan fingerprint density at radius 2 is 1.65 bits per heavy atom. The highest BCUT2D eigenvalue weighted by molar-refractivity contribution is 8.00. The van der Waals surface area contributed by atoms with E-state index in [2.05, 4.69) is 20.9 Å². The van der Waals surface area contributed by atoms with E-state index in [9.17, 15) is 14.4 Å². The number of para-hydroxylation sites is 1. The topological polar surface area (TPSA) is 119 Å². The predicted molar refractivity (Wildman–Crippen MR) is 193 cm³/mol. The maximum atomic E-state index is 13.6. The van der Waals surface area contributed by atoms with Crippen LogP contribution in [-0.4, -0.2) is 42.2 Å². The highest BCUT2D eigenvalue weighted by Crippen LogP contribution is 2.33. The van der Waals surface area contributed by atoms with E-state index in [-0.39, 0.29) is 11.6 Å². The molecule has 0 fully saturated rings. The van der Waals surface area contributed by atoms with E-state index >= 15 is 0 Å². The number of thioether (sulfide) groups is 1. The molecule has 5 rings (SSSR count). The third-order valence-corrected chi connectivity index (χ3v) is 9.20. The molecule has 0 spiro atoms. The lowest BCUT2D eigenvalue weighted by atomic mass is 10.1. The SMILES string of the molecule is CCC(Sc1cccc(NC(=O)/C(=C/c2cccc(OC)c2)NC(=O)c2ccccc2)c1)C(=O)Nc1nc(-c2ccccc2OC)cs1. The van der Waals surface area contributed by atoms with Crippen LogP contribution in [0, 0.1) is 0 Å². The first-order valence-corrected chi connectivity index (χ1v) is 16.8. The van der Waals surface area contributed by atoms with Crippen LogP contribution in [0.15, 0.2) is 119 Å². The largest absolute Gasteiger partial charge is 0.497 e. The first-order chi connectivity index (χ1) is 23.4. The summed E-state index contributed by atoms with van der Waals surface area (Å²) >= 11 is 2.73. The number of aromatic nitrogens is 1. The summed E-state index contributed by atoms with van der Waals surface area (Å²) in [5.74, 6) is 0.213. The number of ether oxygens (including phenoxy) is 2. The minimum absolute atomic E-state index is 0.0527. The Morgan fingerprint density at radius 3 is 2.42 bits per heavy atom. The van der Waals surface area contributed by atoms with Crippen molar-refractivity contribution in [3.8, 4) is 22.8 Å². The first-order valence-electron chi connectivity index (χ1n) is 15.1. The highest BCUT2D eigenvalue weighted by Gasteiger charge is 2.21. The van der Waals surface area contributed by atoms with Crippen molar-refractivity contribution in [1.29, 1.82) is 0 Å². The fraction of sp³-hybridized carbons (Fsp3) is 0.135. The number of carbonyl (C=O) groups excluding carboxylic acids is 3. The van der Waals surface area contributed by atoms with Gasteiger partial charge in [0.05, 0.1) is 25.2 Å². The Balaban J connectivity index is 1.29. The van der Waals surface area contributed by atoms with Crippen molar-refractivity contribution in [2.45, 2.75) is 23.5 Å². The van der Waals surface area contributed by atoms with E-state index in [0.29, 0.717) is 39.9 Å². The van der Waals surface area contributed by atoms with E-state index in [1.54, 1.807) is 81.0 Å². The van der Waals surface area contributed by atoms with Crippen LogP contribution in [-0.2, 0) is 9.59 Å². The van der Waals surface area contributed by atoms with Crippen LogP contribution in [0.1, 0.15) is 29.3 Å². The molecule has 0 saturated carbocycles. The lowest BCUT2D eigenvalue weighted by Gasteiger charge is -2.15. The summed E-state index contributed by atoms with van der Waals surface area (Å²) in [5.41, 5.74) is 3.21. The zero-order valence-corrected chi connectivity index (χ0v) is 28.2. The molecular weight excluding hydrogens is 645 g/mol. The molecule has 0 aliphatic heterocycles. The van der Waals surface area contributed by atoms with Gasteiger partial charge in [0, 0.05) is 27.1 Å². The number of nitrogens with one attached hydrogen (secondary N) is 3. The number of rotatable bonds is 13. The van der Waals surface area contributed by atoms with Crippen LogP contribution in [0.3, 0.4) is 0 Å². The number of thiazole rings is 1. The fourth-order valence-electron chi connectivity index (χ4n) is 4.67. The molecule has 4 aromatic carbocycles. The van der Waals surface area contributed by atoms with E-state index in [1.807, 2.05) is 54.8 Å². The average molecular weight is 679 g/mol. The Morgan fingerprint density at radius 1 is 0.875 bits per heavy atom. The van der Waals surface area contributed by atoms with Crippen LogP contribution < -0.4 is 25.4 Å². The number of nitrogens with zero attached hydrogens (tertiary/aromatic N) is 1. The van der Waals surface area contributed by atoms with Gasteiger partial charge in [-0.2, -0.15) is 0 Å². The molecule has 0 saturated heterocycles. The summed E-state index contributed by atoms with van der Waals surface area (Å²) in [7, 11) is 3.17. The highest BCUT2D eigenvalue weighted by atomic mass is 32.2. The molecule has 0 bridgehead atoms. The summed E-state index contributed by atoms with van der Waals surface area (Å²) in [6, 6.07) is 30.6. The lowest BCUT2D eigenvalue weighted by Crippen LogP contribution is -2.30. The smallest absolute Gasteiger partial charge is 0.272 e. The van der Waals surface area contributed by atoms with Gasteiger partial charge in [-0.15, -0.1) is 23.1 Å². The molecule has 3 amide bonds. The molecule has 0 aliphatic carbocycles. The minimum Gasteiger partial charge on any atom is -0.497 e. The molecule has 48 heavy (non-hydrogen) atoms. The van der Waals surface area contributed by atoms with E-state index in [4.69, 9.17) is 9.47 Å². The van der Waals surface area contributed by atoms with Gasteiger partial charge in [0.15, 0.2) is 5.13 Å². The first kappa shape index (κ1) is 34.0. The number of benzene rings is 4. The molecule has 1 heterocycles. The van der Waals surface area contributed by atoms with Crippen molar-refractivity contribution in [2.75, 3.05) is 24.9 Å². The van der Waals surface area contributed by atoms with Crippen LogP contribution in [0.2, 0.25) is 0 Å². The second kappa shape index (κ2) is 16.4. The van der Waals surface area contributed by atoms with Gasteiger partial charge < -0.3 is 25.4 Å². The van der Waals surface area contributed by atoms with Gasteiger partial charge >= 0.3 is 0 Å². The summed E-state index contributed by atoms with van der Waals surface area (Å²) in [6.45, 7) is 1.94. The van der Waals surface area contributed by atoms with Crippen molar-refractivity contribution in [3.63, 3.8) is 0 Å². The molecule has 0 radical (unpaired) electrons. The maximum absolute atomic E-state index is 13.6. The van der Waals surface area contributed by atoms with E-state index in [1.165, 1.54) is 23.1 Å². The third kappa shape index (κ3) is 8.90. The predicted octanol–water partition coefficient (Wildman–Crippen LogP) is 7.75. The van der Waals surface area contributed by atoms with Gasteiger partial charge in [0.1, 0.15) is 17.2 Å². The maximum Gasteiger partial charge on any atom is 0.272 e. The summed E-state index contributed by atoms with van der Waals surface area (Å²) in [4.78, 5) is 45.3. The van der Waals surface area contributed by atoms with Crippen LogP contribution in [0.5, 0.6) is 11.5 Å². The molecule has 1 unspecified atom stereocenters. The Labute approximate surface area is 287 Å². The fourth-order valence-corrected chi connectivity index (χ4v) is 6.40. The molecule has 1 atom stereocenters. The Bertz CT molecular complexity index is 1930. The van der Waals surface area contributed by atoms with Gasteiger partial charge in [-0.05, 0) is 72.7 Å². The van der Waals surface area contributed by atoms with Crippen LogP contribution in [0.4, 0.5) is 10.8 Å². The van der Waals surface area contributed by atoms with E-state index < -0.39 is 17.1 Å². The zero-order chi connectivity index (χ0) is 33.9. The zero-order valence-electron chi connectivity index (χ0n) is 26.6. The molecule has 9 nitrogen and oxygen atoms in total. The Hall–Kier alpha value is -5.39.